The molecule has 0 atom stereocenters. The van der Waals surface area contributed by atoms with E-state index in [2.05, 4.69) is 15.3 Å². The van der Waals surface area contributed by atoms with Gasteiger partial charge in [-0.25, -0.2) is 9.97 Å². The molecule has 1 aromatic carbocycles. The van der Waals surface area contributed by atoms with Crippen molar-refractivity contribution >= 4 is 33.5 Å². The fourth-order valence-corrected chi connectivity index (χ4v) is 4.15. The van der Waals surface area contributed by atoms with Gasteiger partial charge in [-0.3, -0.25) is 9.59 Å². The third-order valence-corrected chi connectivity index (χ3v) is 5.78. The molecule has 4 rings (SSSR count). The fraction of sp³-hybridized carbons (Fsp3) is 0.300. The van der Waals surface area contributed by atoms with Crippen molar-refractivity contribution in [1.29, 1.82) is 0 Å². The molecule has 0 unspecified atom stereocenters. The van der Waals surface area contributed by atoms with Crippen LogP contribution >= 0.6 is 11.3 Å². The molecule has 1 aliphatic rings. The summed E-state index contributed by atoms with van der Waals surface area (Å²) in [6.45, 7) is 1.69. The zero-order valence-electron chi connectivity index (χ0n) is 14.8. The quantitative estimate of drug-likeness (QED) is 0.755. The predicted octanol–water partition coefficient (Wildman–Crippen LogP) is 2.86. The predicted molar refractivity (Wildman–Crippen MR) is 104 cm³/mol. The van der Waals surface area contributed by atoms with Crippen LogP contribution in [0, 0.1) is 5.92 Å². The molecule has 138 valence electrons. The zero-order valence-corrected chi connectivity index (χ0v) is 15.6. The number of rotatable bonds is 4. The van der Waals surface area contributed by atoms with Crippen molar-refractivity contribution in [3.8, 4) is 0 Å². The van der Waals surface area contributed by atoms with Crippen LogP contribution in [-0.4, -0.2) is 39.8 Å². The summed E-state index contributed by atoms with van der Waals surface area (Å²) in [5.41, 5.74) is 1.84. The molecule has 0 bridgehead atoms. The van der Waals surface area contributed by atoms with Crippen molar-refractivity contribution in [3.05, 3.63) is 59.2 Å². The van der Waals surface area contributed by atoms with E-state index in [-0.39, 0.29) is 17.7 Å². The van der Waals surface area contributed by atoms with Gasteiger partial charge < -0.3 is 10.2 Å². The standard InChI is InChI=1S/C20H20N4O2S/c25-17(22-13-14-5-2-1-3-6-14)15-8-11-24(12-9-15)20(26)19-23-16-7-4-10-21-18(16)27-19/h1-7,10,15H,8-9,11-13H2,(H,22,25). The number of carbonyl (C=O) groups excluding carboxylic acids is 2. The van der Waals surface area contributed by atoms with Crippen LogP contribution in [-0.2, 0) is 11.3 Å². The summed E-state index contributed by atoms with van der Waals surface area (Å²) in [5.74, 6) is -0.0499. The van der Waals surface area contributed by atoms with Gasteiger partial charge in [-0.2, -0.15) is 0 Å². The second kappa shape index (κ2) is 7.84. The summed E-state index contributed by atoms with van der Waals surface area (Å²) in [6, 6.07) is 13.5. The molecule has 1 aliphatic heterocycles. The minimum absolute atomic E-state index is 0.0465. The maximum atomic E-state index is 12.7. The molecular weight excluding hydrogens is 360 g/mol. The molecule has 6 nitrogen and oxygen atoms in total. The van der Waals surface area contributed by atoms with Crippen molar-refractivity contribution in [2.24, 2.45) is 5.92 Å². The lowest BCUT2D eigenvalue weighted by Crippen LogP contribution is -2.42. The highest BCUT2D eigenvalue weighted by Crippen LogP contribution is 2.24. The van der Waals surface area contributed by atoms with Crippen LogP contribution in [0.25, 0.3) is 10.3 Å². The number of piperidine rings is 1. The Morgan fingerprint density at radius 3 is 2.63 bits per heavy atom. The van der Waals surface area contributed by atoms with Crippen molar-refractivity contribution in [2.75, 3.05) is 13.1 Å². The maximum absolute atomic E-state index is 12.7. The number of pyridine rings is 1. The number of benzene rings is 1. The number of carbonyl (C=O) groups is 2. The van der Waals surface area contributed by atoms with Crippen LogP contribution in [0.3, 0.4) is 0 Å². The first-order chi connectivity index (χ1) is 13.2. The highest BCUT2D eigenvalue weighted by Gasteiger charge is 2.29. The lowest BCUT2D eigenvalue weighted by Gasteiger charge is -2.30. The van der Waals surface area contributed by atoms with Crippen LogP contribution in [0.15, 0.2) is 48.7 Å². The number of hydrogen-bond acceptors (Lipinski definition) is 5. The van der Waals surface area contributed by atoms with Crippen LogP contribution in [0.1, 0.15) is 28.2 Å². The van der Waals surface area contributed by atoms with Gasteiger partial charge in [-0.1, -0.05) is 41.7 Å². The van der Waals surface area contributed by atoms with Crippen molar-refractivity contribution in [1.82, 2.24) is 20.2 Å². The Kier molecular flexibility index (Phi) is 5.11. The summed E-state index contributed by atoms with van der Waals surface area (Å²) >= 11 is 1.32. The summed E-state index contributed by atoms with van der Waals surface area (Å²) < 4.78 is 0. The second-order valence-electron chi connectivity index (χ2n) is 6.62. The average molecular weight is 380 g/mol. The van der Waals surface area contributed by atoms with Gasteiger partial charge in [0.15, 0.2) is 5.01 Å². The number of hydrogen-bond donors (Lipinski definition) is 1. The molecule has 1 saturated heterocycles. The van der Waals surface area contributed by atoms with Crippen molar-refractivity contribution in [2.45, 2.75) is 19.4 Å². The molecule has 27 heavy (non-hydrogen) atoms. The third-order valence-electron chi connectivity index (χ3n) is 4.81. The van der Waals surface area contributed by atoms with E-state index in [0.717, 1.165) is 15.9 Å². The first-order valence-corrected chi connectivity index (χ1v) is 9.85. The molecule has 7 heteroatoms. The minimum Gasteiger partial charge on any atom is -0.352 e. The number of nitrogens with one attached hydrogen (secondary N) is 1. The lowest BCUT2D eigenvalue weighted by molar-refractivity contribution is -0.126. The highest BCUT2D eigenvalue weighted by atomic mass is 32.1. The third kappa shape index (κ3) is 3.98. The first kappa shape index (κ1) is 17.6. The number of thiazole rings is 1. The molecule has 0 aliphatic carbocycles. The molecular formula is C20H20N4O2S. The lowest BCUT2D eigenvalue weighted by atomic mass is 9.95. The van der Waals surface area contributed by atoms with Crippen LogP contribution in [0.5, 0.6) is 0 Å². The van der Waals surface area contributed by atoms with Gasteiger partial charge in [0, 0.05) is 31.7 Å². The first-order valence-electron chi connectivity index (χ1n) is 9.03. The topological polar surface area (TPSA) is 75.2 Å². The molecule has 3 heterocycles. The van der Waals surface area contributed by atoms with E-state index in [1.165, 1.54) is 11.3 Å². The van der Waals surface area contributed by atoms with Gasteiger partial charge in [0.05, 0.1) is 0 Å². The summed E-state index contributed by atoms with van der Waals surface area (Å²) in [6.07, 6.45) is 3.05. The maximum Gasteiger partial charge on any atom is 0.282 e. The van der Waals surface area contributed by atoms with Gasteiger partial charge in [0.2, 0.25) is 5.91 Å². The number of amides is 2. The fourth-order valence-electron chi connectivity index (χ4n) is 3.27. The molecule has 1 N–H and O–H groups in total. The molecule has 0 radical (unpaired) electrons. The van der Waals surface area contributed by atoms with E-state index in [9.17, 15) is 9.59 Å². The van der Waals surface area contributed by atoms with E-state index in [4.69, 9.17) is 0 Å². The van der Waals surface area contributed by atoms with E-state index in [1.807, 2.05) is 42.5 Å². The van der Waals surface area contributed by atoms with E-state index >= 15 is 0 Å². The number of aromatic nitrogens is 2. The summed E-state index contributed by atoms with van der Waals surface area (Å²) in [7, 11) is 0. The normalized spacial score (nSPS) is 15.0. The number of fused-ring (bicyclic) bond motifs is 1. The van der Waals surface area contributed by atoms with Gasteiger partial charge in [-0.15, -0.1) is 0 Å². The SMILES string of the molecule is O=C(NCc1ccccc1)C1CCN(C(=O)c2nc3cccnc3s2)CC1. The molecule has 0 saturated carbocycles. The molecule has 0 spiro atoms. The smallest absolute Gasteiger partial charge is 0.282 e. The van der Waals surface area contributed by atoms with E-state index in [1.54, 1.807) is 11.1 Å². The monoisotopic (exact) mass is 380 g/mol. The molecule has 2 aromatic heterocycles. The van der Waals surface area contributed by atoms with Gasteiger partial charge in [0.1, 0.15) is 10.3 Å². The van der Waals surface area contributed by atoms with Crippen LogP contribution in [0.2, 0.25) is 0 Å². The van der Waals surface area contributed by atoms with Crippen molar-refractivity contribution in [3.63, 3.8) is 0 Å². The summed E-state index contributed by atoms with van der Waals surface area (Å²) in [4.78, 5) is 36.3. The summed E-state index contributed by atoms with van der Waals surface area (Å²) in [5, 5.41) is 3.47. The number of nitrogens with zero attached hydrogens (tertiary/aromatic N) is 3. The minimum atomic E-state index is -0.0684. The molecule has 2 amide bonds. The zero-order chi connectivity index (χ0) is 18.6. The van der Waals surface area contributed by atoms with Crippen molar-refractivity contribution < 1.29 is 9.59 Å². The Labute approximate surface area is 161 Å². The Morgan fingerprint density at radius 2 is 1.89 bits per heavy atom. The Morgan fingerprint density at radius 1 is 1.11 bits per heavy atom. The average Bonchev–Trinajstić information content (AvgIpc) is 3.16. The Balaban J connectivity index is 1.31. The van der Waals surface area contributed by atoms with E-state index in [0.29, 0.717) is 37.5 Å². The van der Waals surface area contributed by atoms with Gasteiger partial charge in [-0.05, 0) is 30.5 Å². The largest absolute Gasteiger partial charge is 0.352 e. The molecule has 3 aromatic rings. The van der Waals surface area contributed by atoms with E-state index < -0.39 is 0 Å². The van der Waals surface area contributed by atoms with Crippen LogP contribution in [0.4, 0.5) is 0 Å². The second-order valence-corrected chi connectivity index (χ2v) is 7.59. The van der Waals surface area contributed by atoms with Gasteiger partial charge in [0.25, 0.3) is 5.91 Å². The highest BCUT2D eigenvalue weighted by molar-refractivity contribution is 7.19. The van der Waals surface area contributed by atoms with Gasteiger partial charge >= 0.3 is 0 Å². The number of likely N-dealkylation sites (tertiary alicyclic amines) is 1. The van der Waals surface area contributed by atoms with Crippen LogP contribution < -0.4 is 5.32 Å². The Hall–Kier alpha value is -2.80. The Bertz CT molecular complexity index is 916. The molecule has 1 fully saturated rings.